The van der Waals surface area contributed by atoms with Crippen LogP contribution in [0.5, 0.6) is 0 Å². The Bertz CT molecular complexity index is 585. The molecule has 2 aromatic heterocycles. The summed E-state index contributed by atoms with van der Waals surface area (Å²) in [7, 11) is 3.90. The van der Waals surface area contributed by atoms with Crippen molar-refractivity contribution in [3.63, 3.8) is 0 Å². The molecule has 19 heavy (non-hydrogen) atoms. The number of rotatable bonds is 4. The second-order valence-corrected chi connectivity index (χ2v) is 4.13. The van der Waals surface area contributed by atoms with Gasteiger partial charge in [-0.2, -0.15) is 5.26 Å². The molecule has 0 atom stereocenters. The van der Waals surface area contributed by atoms with E-state index >= 15 is 0 Å². The summed E-state index contributed by atoms with van der Waals surface area (Å²) in [6.07, 6.45) is 4.75. The van der Waals surface area contributed by atoms with Gasteiger partial charge in [-0.3, -0.25) is 0 Å². The number of nitriles is 1. The molecule has 6 heteroatoms. The predicted octanol–water partition coefficient (Wildman–Crippen LogP) is 1.42. The highest BCUT2D eigenvalue weighted by Crippen LogP contribution is 2.15. The zero-order valence-corrected chi connectivity index (χ0v) is 10.8. The molecule has 0 aliphatic heterocycles. The number of nitrogens with one attached hydrogen (secondary N) is 1. The van der Waals surface area contributed by atoms with Crippen LogP contribution in [0.25, 0.3) is 0 Å². The molecule has 0 amide bonds. The number of hydrogen-bond acceptors (Lipinski definition) is 6. The first-order chi connectivity index (χ1) is 9.20. The monoisotopic (exact) mass is 254 g/mol. The molecule has 0 aliphatic rings. The molecule has 6 nitrogen and oxygen atoms in total. The van der Waals surface area contributed by atoms with Crippen LogP contribution in [0.4, 0.5) is 11.6 Å². The zero-order valence-electron chi connectivity index (χ0n) is 10.8. The van der Waals surface area contributed by atoms with Crippen molar-refractivity contribution in [2.24, 2.45) is 0 Å². The summed E-state index contributed by atoms with van der Waals surface area (Å²) in [6.45, 7) is 0.599. The maximum atomic E-state index is 8.65. The number of pyridine rings is 1. The van der Waals surface area contributed by atoms with E-state index in [1.54, 1.807) is 12.4 Å². The first-order valence-corrected chi connectivity index (χ1v) is 5.78. The average molecular weight is 254 g/mol. The first-order valence-electron chi connectivity index (χ1n) is 5.78. The van der Waals surface area contributed by atoms with E-state index in [4.69, 9.17) is 5.26 Å². The number of nitrogens with zero attached hydrogens (tertiary/aromatic N) is 5. The molecule has 96 valence electrons. The van der Waals surface area contributed by atoms with Crippen molar-refractivity contribution in [1.82, 2.24) is 15.0 Å². The van der Waals surface area contributed by atoms with Gasteiger partial charge in [0.25, 0.3) is 0 Å². The van der Waals surface area contributed by atoms with Gasteiger partial charge in [0.1, 0.15) is 17.7 Å². The molecule has 0 fully saturated rings. The van der Waals surface area contributed by atoms with Crippen LogP contribution in [0.15, 0.2) is 30.7 Å². The smallest absolute Gasteiger partial charge is 0.158 e. The van der Waals surface area contributed by atoms with Gasteiger partial charge < -0.3 is 10.2 Å². The minimum Gasteiger partial charge on any atom is -0.365 e. The Balaban J connectivity index is 2.08. The van der Waals surface area contributed by atoms with E-state index < -0.39 is 0 Å². The van der Waals surface area contributed by atoms with Crippen molar-refractivity contribution in [2.45, 2.75) is 6.54 Å². The van der Waals surface area contributed by atoms with Crippen molar-refractivity contribution in [1.29, 1.82) is 5.26 Å². The summed E-state index contributed by atoms with van der Waals surface area (Å²) in [4.78, 5) is 14.3. The lowest BCUT2D eigenvalue weighted by molar-refractivity contribution is 1.00. The molecule has 0 saturated heterocycles. The Hall–Kier alpha value is -2.68. The Kier molecular flexibility index (Phi) is 3.88. The van der Waals surface area contributed by atoms with Gasteiger partial charge in [-0.15, -0.1) is 0 Å². The van der Waals surface area contributed by atoms with E-state index in [0.29, 0.717) is 18.1 Å². The third kappa shape index (κ3) is 3.16. The van der Waals surface area contributed by atoms with Gasteiger partial charge in [0.15, 0.2) is 5.69 Å². The van der Waals surface area contributed by atoms with Crippen LogP contribution in [0, 0.1) is 11.3 Å². The van der Waals surface area contributed by atoms with E-state index in [0.717, 1.165) is 11.4 Å². The SMILES string of the molecule is CN(C)c1ncccc1CNc1cnc(C#N)cn1. The lowest BCUT2D eigenvalue weighted by Crippen LogP contribution is -2.14. The Labute approximate surface area is 111 Å². The normalized spacial score (nSPS) is 9.74. The molecule has 0 spiro atoms. The van der Waals surface area contributed by atoms with Gasteiger partial charge in [0, 0.05) is 32.4 Å². The van der Waals surface area contributed by atoms with E-state index in [1.165, 1.54) is 6.20 Å². The topological polar surface area (TPSA) is 77.7 Å². The van der Waals surface area contributed by atoms with Crippen LogP contribution >= 0.6 is 0 Å². The highest BCUT2D eigenvalue weighted by molar-refractivity contribution is 5.47. The summed E-state index contributed by atoms with van der Waals surface area (Å²) in [5, 5.41) is 11.8. The third-order valence-electron chi connectivity index (χ3n) is 2.52. The molecule has 2 aromatic rings. The van der Waals surface area contributed by atoms with Crippen molar-refractivity contribution in [3.05, 3.63) is 42.0 Å². The van der Waals surface area contributed by atoms with Crippen LogP contribution in [0.1, 0.15) is 11.3 Å². The predicted molar refractivity (Wildman–Crippen MR) is 72.6 cm³/mol. The van der Waals surface area contributed by atoms with Crippen molar-refractivity contribution in [3.8, 4) is 6.07 Å². The van der Waals surface area contributed by atoms with Crippen molar-refractivity contribution in [2.75, 3.05) is 24.3 Å². The highest BCUT2D eigenvalue weighted by Gasteiger charge is 2.05. The standard InChI is InChI=1S/C13H14N6/c1-19(2)13-10(4-3-5-15-13)7-17-12-9-16-11(6-14)8-18-12/h3-5,8-9H,7H2,1-2H3,(H,17,18). The fraction of sp³-hybridized carbons (Fsp3) is 0.231. The van der Waals surface area contributed by atoms with Gasteiger partial charge in [-0.25, -0.2) is 15.0 Å². The largest absolute Gasteiger partial charge is 0.365 e. The summed E-state index contributed by atoms with van der Waals surface area (Å²) in [5.74, 6) is 1.55. The minimum absolute atomic E-state index is 0.306. The molecular weight excluding hydrogens is 240 g/mol. The summed E-state index contributed by atoms with van der Waals surface area (Å²) in [5.41, 5.74) is 1.37. The molecule has 0 aromatic carbocycles. The average Bonchev–Trinajstić information content (AvgIpc) is 2.46. The number of hydrogen-bond donors (Lipinski definition) is 1. The molecule has 0 unspecified atom stereocenters. The quantitative estimate of drug-likeness (QED) is 0.889. The van der Waals surface area contributed by atoms with Gasteiger partial charge in [0.2, 0.25) is 0 Å². The molecule has 0 saturated carbocycles. The maximum Gasteiger partial charge on any atom is 0.158 e. The Morgan fingerprint density at radius 3 is 2.74 bits per heavy atom. The van der Waals surface area contributed by atoms with Gasteiger partial charge in [-0.1, -0.05) is 6.07 Å². The molecule has 2 rings (SSSR count). The number of anilines is 2. The summed E-state index contributed by atoms with van der Waals surface area (Å²) in [6, 6.07) is 5.84. The van der Waals surface area contributed by atoms with Gasteiger partial charge in [0.05, 0.1) is 12.4 Å². The molecule has 2 heterocycles. The Morgan fingerprint density at radius 2 is 2.11 bits per heavy atom. The minimum atomic E-state index is 0.306. The fourth-order valence-corrected chi connectivity index (χ4v) is 1.63. The molecule has 0 radical (unpaired) electrons. The van der Waals surface area contributed by atoms with E-state index in [-0.39, 0.29) is 0 Å². The third-order valence-corrected chi connectivity index (χ3v) is 2.52. The second-order valence-electron chi connectivity index (χ2n) is 4.13. The zero-order chi connectivity index (χ0) is 13.7. The van der Waals surface area contributed by atoms with E-state index in [1.807, 2.05) is 37.2 Å². The van der Waals surface area contributed by atoms with Crippen LogP contribution in [0.3, 0.4) is 0 Å². The van der Waals surface area contributed by atoms with Gasteiger partial charge >= 0.3 is 0 Å². The molecule has 1 N–H and O–H groups in total. The lowest BCUT2D eigenvalue weighted by atomic mass is 10.2. The lowest BCUT2D eigenvalue weighted by Gasteiger charge is -2.16. The molecule has 0 bridgehead atoms. The highest BCUT2D eigenvalue weighted by atomic mass is 15.1. The fourth-order valence-electron chi connectivity index (χ4n) is 1.63. The second kappa shape index (κ2) is 5.78. The van der Waals surface area contributed by atoms with Gasteiger partial charge in [-0.05, 0) is 6.07 Å². The summed E-state index contributed by atoms with van der Waals surface area (Å²) >= 11 is 0. The van der Waals surface area contributed by atoms with Crippen molar-refractivity contribution < 1.29 is 0 Å². The maximum absolute atomic E-state index is 8.65. The summed E-state index contributed by atoms with van der Waals surface area (Å²) < 4.78 is 0. The van der Waals surface area contributed by atoms with Crippen LogP contribution in [-0.4, -0.2) is 29.0 Å². The first kappa shape index (κ1) is 12.8. The van der Waals surface area contributed by atoms with Crippen LogP contribution < -0.4 is 10.2 Å². The van der Waals surface area contributed by atoms with Crippen LogP contribution in [0.2, 0.25) is 0 Å². The van der Waals surface area contributed by atoms with Crippen LogP contribution in [-0.2, 0) is 6.54 Å². The molecule has 0 aliphatic carbocycles. The molecular formula is C13H14N6. The van der Waals surface area contributed by atoms with E-state index in [2.05, 4.69) is 20.3 Å². The Morgan fingerprint density at radius 1 is 1.26 bits per heavy atom. The van der Waals surface area contributed by atoms with E-state index in [9.17, 15) is 0 Å². The number of aromatic nitrogens is 3. The van der Waals surface area contributed by atoms with Crippen molar-refractivity contribution >= 4 is 11.6 Å².